The van der Waals surface area contributed by atoms with Crippen LogP contribution in [0, 0.1) is 28.6 Å². The van der Waals surface area contributed by atoms with Gasteiger partial charge in [0, 0.05) is 0 Å². The predicted molar refractivity (Wildman–Crippen MR) is 87.0 cm³/mol. The zero-order valence-electron chi connectivity index (χ0n) is 14.9. The second kappa shape index (κ2) is 5.93. The zero-order chi connectivity index (χ0) is 15.8. The van der Waals surface area contributed by atoms with Gasteiger partial charge in [0.25, 0.3) is 0 Å². The maximum atomic E-state index is 12.6. The summed E-state index contributed by atoms with van der Waals surface area (Å²) in [5.74, 6) is 1.48. The molecule has 4 atom stereocenters. The molecule has 122 valence electrons. The molecular formula is C19H34O2. The van der Waals surface area contributed by atoms with Gasteiger partial charge in [-0.05, 0) is 61.2 Å². The normalized spacial score (nSPS) is 38.8. The first-order valence-electron chi connectivity index (χ1n) is 8.77. The Labute approximate surface area is 131 Å². The molecule has 0 saturated heterocycles. The fraction of sp³-hybridized carbons (Fsp3) is 0.947. The number of carbonyl (C=O) groups is 1. The van der Waals surface area contributed by atoms with E-state index in [0.29, 0.717) is 17.3 Å². The molecule has 2 saturated carbocycles. The van der Waals surface area contributed by atoms with E-state index < -0.39 is 0 Å². The predicted octanol–water partition coefficient (Wildman–Crippen LogP) is 5.21. The Balaban J connectivity index is 1.94. The van der Waals surface area contributed by atoms with Crippen molar-refractivity contribution in [2.45, 2.75) is 86.2 Å². The Hall–Kier alpha value is -0.530. The van der Waals surface area contributed by atoms with Gasteiger partial charge in [0.2, 0.25) is 0 Å². The highest BCUT2D eigenvalue weighted by Gasteiger charge is 2.39. The fourth-order valence-corrected chi connectivity index (χ4v) is 5.13. The molecular weight excluding hydrogens is 260 g/mol. The summed E-state index contributed by atoms with van der Waals surface area (Å²) < 4.78 is 5.94. The molecule has 2 aliphatic rings. The lowest BCUT2D eigenvalue weighted by molar-refractivity contribution is -0.161. The van der Waals surface area contributed by atoms with Crippen LogP contribution in [0.2, 0.25) is 0 Å². The van der Waals surface area contributed by atoms with Crippen molar-refractivity contribution in [3.63, 3.8) is 0 Å². The van der Waals surface area contributed by atoms with E-state index in [1.54, 1.807) is 0 Å². The van der Waals surface area contributed by atoms with Crippen LogP contribution in [0.15, 0.2) is 0 Å². The first kappa shape index (κ1) is 16.8. The van der Waals surface area contributed by atoms with Crippen molar-refractivity contribution >= 4 is 5.97 Å². The van der Waals surface area contributed by atoms with E-state index in [-0.39, 0.29) is 23.4 Å². The molecule has 21 heavy (non-hydrogen) atoms. The summed E-state index contributed by atoms with van der Waals surface area (Å²) in [6.07, 6.45) is 6.67. The molecule has 2 heteroatoms. The van der Waals surface area contributed by atoms with E-state index in [1.807, 2.05) is 0 Å². The van der Waals surface area contributed by atoms with Gasteiger partial charge in [0.15, 0.2) is 0 Å². The van der Waals surface area contributed by atoms with Gasteiger partial charge in [-0.3, -0.25) is 4.79 Å². The van der Waals surface area contributed by atoms with E-state index in [4.69, 9.17) is 4.74 Å². The summed E-state index contributed by atoms with van der Waals surface area (Å²) in [6.45, 7) is 13.7. The molecule has 0 amide bonds. The molecule has 0 bridgehead atoms. The van der Waals surface area contributed by atoms with Crippen LogP contribution in [-0.4, -0.2) is 12.1 Å². The fourth-order valence-electron chi connectivity index (χ4n) is 5.13. The summed E-state index contributed by atoms with van der Waals surface area (Å²) >= 11 is 0. The SMILES string of the molecule is CC1CC(OC(=O)C2CC(C)CC(C)(C)C2)CC(C)(C)C1. The number of carbonyl (C=O) groups excluding carboxylic acids is 1. The minimum absolute atomic E-state index is 0.0736. The third-order valence-corrected chi connectivity index (χ3v) is 5.35. The van der Waals surface area contributed by atoms with Gasteiger partial charge < -0.3 is 4.74 Å². The summed E-state index contributed by atoms with van der Waals surface area (Å²) in [4.78, 5) is 12.6. The highest BCUT2D eigenvalue weighted by atomic mass is 16.5. The molecule has 2 rings (SSSR count). The van der Waals surface area contributed by atoms with E-state index >= 15 is 0 Å². The quantitative estimate of drug-likeness (QED) is 0.654. The Kier molecular flexibility index (Phi) is 4.75. The highest BCUT2D eigenvalue weighted by molar-refractivity contribution is 5.72. The minimum Gasteiger partial charge on any atom is -0.462 e. The van der Waals surface area contributed by atoms with Gasteiger partial charge >= 0.3 is 5.97 Å². The molecule has 0 aliphatic heterocycles. The van der Waals surface area contributed by atoms with Gasteiger partial charge in [-0.25, -0.2) is 0 Å². The topological polar surface area (TPSA) is 26.3 Å². The number of rotatable bonds is 2. The molecule has 4 unspecified atom stereocenters. The van der Waals surface area contributed by atoms with E-state index in [2.05, 4.69) is 41.5 Å². The van der Waals surface area contributed by atoms with Crippen molar-refractivity contribution in [1.29, 1.82) is 0 Å². The van der Waals surface area contributed by atoms with Gasteiger partial charge in [-0.1, -0.05) is 41.5 Å². The number of esters is 1. The molecule has 0 aromatic rings. The van der Waals surface area contributed by atoms with Crippen LogP contribution < -0.4 is 0 Å². The maximum Gasteiger partial charge on any atom is 0.309 e. The van der Waals surface area contributed by atoms with Crippen molar-refractivity contribution in [2.75, 3.05) is 0 Å². The van der Waals surface area contributed by atoms with Crippen LogP contribution >= 0.6 is 0 Å². The third-order valence-electron chi connectivity index (χ3n) is 5.35. The average Bonchev–Trinajstić information content (AvgIpc) is 2.22. The third kappa shape index (κ3) is 4.72. The highest BCUT2D eigenvalue weighted by Crippen LogP contribution is 2.43. The number of hydrogen-bond donors (Lipinski definition) is 0. The van der Waals surface area contributed by atoms with Gasteiger partial charge in [0.05, 0.1) is 5.92 Å². The number of ether oxygens (including phenoxy) is 1. The summed E-state index contributed by atoms with van der Waals surface area (Å²) in [7, 11) is 0. The molecule has 2 fully saturated rings. The largest absolute Gasteiger partial charge is 0.462 e. The minimum atomic E-state index is 0.0736. The average molecular weight is 294 g/mol. The van der Waals surface area contributed by atoms with Gasteiger partial charge in [-0.2, -0.15) is 0 Å². The van der Waals surface area contributed by atoms with Crippen LogP contribution in [0.5, 0.6) is 0 Å². The Morgan fingerprint density at radius 3 is 1.90 bits per heavy atom. The maximum absolute atomic E-state index is 12.6. The lowest BCUT2D eigenvalue weighted by atomic mass is 9.68. The molecule has 2 nitrogen and oxygen atoms in total. The smallest absolute Gasteiger partial charge is 0.309 e. The first-order valence-corrected chi connectivity index (χ1v) is 8.77. The molecule has 0 spiro atoms. The molecule has 0 heterocycles. The van der Waals surface area contributed by atoms with E-state index in [9.17, 15) is 4.79 Å². The molecule has 0 aromatic carbocycles. The van der Waals surface area contributed by atoms with Crippen molar-refractivity contribution < 1.29 is 9.53 Å². The first-order chi connectivity index (χ1) is 9.56. The van der Waals surface area contributed by atoms with Crippen molar-refractivity contribution in [3.8, 4) is 0 Å². The summed E-state index contributed by atoms with van der Waals surface area (Å²) in [5, 5.41) is 0. The Morgan fingerprint density at radius 1 is 0.857 bits per heavy atom. The lowest BCUT2D eigenvalue weighted by Gasteiger charge is -2.41. The van der Waals surface area contributed by atoms with Crippen molar-refractivity contribution in [2.24, 2.45) is 28.6 Å². The van der Waals surface area contributed by atoms with Crippen molar-refractivity contribution in [3.05, 3.63) is 0 Å². The molecule has 0 radical (unpaired) electrons. The second-order valence-corrected chi connectivity index (χ2v) is 9.58. The second-order valence-electron chi connectivity index (χ2n) is 9.58. The standard InChI is InChI=1S/C19H34O2/c1-13-7-15(11-18(3,4)9-13)17(20)21-16-8-14(2)10-19(5,6)12-16/h13-16H,7-12H2,1-6H3. The van der Waals surface area contributed by atoms with Crippen LogP contribution in [0.25, 0.3) is 0 Å². The number of hydrogen-bond acceptors (Lipinski definition) is 2. The molecule has 0 aromatic heterocycles. The molecule has 2 aliphatic carbocycles. The Bertz CT molecular complexity index is 383. The van der Waals surface area contributed by atoms with Gasteiger partial charge in [-0.15, -0.1) is 0 Å². The van der Waals surface area contributed by atoms with Gasteiger partial charge in [0.1, 0.15) is 6.10 Å². The Morgan fingerprint density at radius 2 is 1.38 bits per heavy atom. The van der Waals surface area contributed by atoms with Crippen LogP contribution in [0.4, 0.5) is 0 Å². The van der Waals surface area contributed by atoms with E-state index in [1.165, 1.54) is 12.8 Å². The van der Waals surface area contributed by atoms with Crippen LogP contribution in [-0.2, 0) is 9.53 Å². The molecule has 0 N–H and O–H groups in total. The monoisotopic (exact) mass is 294 g/mol. The lowest BCUT2D eigenvalue weighted by Crippen LogP contribution is -2.38. The zero-order valence-corrected chi connectivity index (χ0v) is 14.9. The summed E-state index contributed by atoms with van der Waals surface area (Å²) in [6, 6.07) is 0. The van der Waals surface area contributed by atoms with Crippen molar-refractivity contribution in [1.82, 2.24) is 0 Å². The summed E-state index contributed by atoms with van der Waals surface area (Å²) in [5.41, 5.74) is 0.586. The van der Waals surface area contributed by atoms with Crippen LogP contribution in [0.1, 0.15) is 80.1 Å². The van der Waals surface area contributed by atoms with E-state index in [0.717, 1.165) is 25.7 Å². The van der Waals surface area contributed by atoms with Crippen LogP contribution in [0.3, 0.4) is 0 Å².